The maximum Gasteiger partial charge on any atom is 0.243 e. The van der Waals surface area contributed by atoms with Crippen molar-refractivity contribution in [1.29, 1.82) is 0 Å². The first-order valence-corrected chi connectivity index (χ1v) is 7.77. The summed E-state index contributed by atoms with van der Waals surface area (Å²) in [7, 11) is -2.34. The highest BCUT2D eigenvalue weighted by molar-refractivity contribution is 7.89. The van der Waals surface area contributed by atoms with E-state index in [4.69, 9.17) is 9.84 Å². The number of benzene rings is 1. The molecule has 1 unspecified atom stereocenters. The maximum atomic E-state index is 13.8. The lowest BCUT2D eigenvalue weighted by Gasteiger charge is -2.24. The normalized spacial score (nSPS) is 19.8. The fourth-order valence-corrected chi connectivity index (χ4v) is 3.88. The number of hydrogen-bond donors (Lipinski definition) is 1. The van der Waals surface area contributed by atoms with Gasteiger partial charge < -0.3 is 9.84 Å². The van der Waals surface area contributed by atoms with Crippen LogP contribution in [0.15, 0.2) is 17.0 Å². The van der Waals surface area contributed by atoms with E-state index in [1.54, 1.807) is 0 Å². The number of aliphatic hydroxyl groups excluding tert-OH is 1. The number of halogens is 1. The minimum absolute atomic E-state index is 0.0629. The molecule has 5 nitrogen and oxygen atoms in total. The average Bonchev–Trinajstić information content (AvgIpc) is 2.94. The smallest absolute Gasteiger partial charge is 0.243 e. The fraction of sp³-hybridized carbons (Fsp3) is 0.538. The van der Waals surface area contributed by atoms with Crippen molar-refractivity contribution >= 4 is 10.0 Å². The summed E-state index contributed by atoms with van der Waals surface area (Å²) in [6.07, 6.45) is 0.622. The van der Waals surface area contributed by atoms with Gasteiger partial charge in [-0.05, 0) is 31.0 Å². The second-order valence-corrected chi connectivity index (χ2v) is 6.86. The van der Waals surface area contributed by atoms with Crippen molar-refractivity contribution < 1.29 is 22.7 Å². The topological polar surface area (TPSA) is 66.8 Å². The lowest BCUT2D eigenvalue weighted by atomic mass is 10.1. The molecule has 0 aliphatic carbocycles. The van der Waals surface area contributed by atoms with Crippen molar-refractivity contribution in [1.82, 2.24) is 4.31 Å². The van der Waals surface area contributed by atoms with Crippen molar-refractivity contribution in [2.45, 2.75) is 30.9 Å². The van der Waals surface area contributed by atoms with Gasteiger partial charge in [-0.2, -0.15) is 4.31 Å². The highest BCUT2D eigenvalue weighted by Crippen LogP contribution is 2.26. The summed E-state index contributed by atoms with van der Waals surface area (Å²) in [5, 5.41) is 9.10. The zero-order valence-electron chi connectivity index (χ0n) is 11.5. The Morgan fingerprint density at radius 1 is 1.50 bits per heavy atom. The van der Waals surface area contributed by atoms with Crippen molar-refractivity contribution in [3.63, 3.8) is 0 Å². The van der Waals surface area contributed by atoms with Gasteiger partial charge in [0.2, 0.25) is 10.0 Å². The number of rotatable bonds is 4. The predicted octanol–water partition coefficient (Wildman–Crippen LogP) is 1.04. The molecule has 1 atom stereocenters. The van der Waals surface area contributed by atoms with Gasteiger partial charge >= 0.3 is 0 Å². The van der Waals surface area contributed by atoms with Gasteiger partial charge in [0.1, 0.15) is 5.82 Å². The van der Waals surface area contributed by atoms with Crippen molar-refractivity contribution in [3.05, 3.63) is 29.1 Å². The molecule has 1 aliphatic heterocycles. The molecule has 112 valence electrons. The van der Waals surface area contributed by atoms with Gasteiger partial charge in [0.25, 0.3) is 0 Å². The number of aliphatic hydroxyl groups is 1. The summed E-state index contributed by atoms with van der Waals surface area (Å²) in [6, 6.07) is 2.23. The Labute approximate surface area is 118 Å². The second-order valence-electron chi connectivity index (χ2n) is 4.90. The van der Waals surface area contributed by atoms with E-state index in [1.165, 1.54) is 24.3 Å². The number of nitrogens with zero attached hydrogens (tertiary/aromatic N) is 1. The highest BCUT2D eigenvalue weighted by atomic mass is 32.2. The molecule has 1 aliphatic rings. The summed E-state index contributed by atoms with van der Waals surface area (Å²) < 4.78 is 45.4. The molecule has 0 amide bonds. The molecule has 0 aromatic heterocycles. The third kappa shape index (κ3) is 2.71. The molecule has 1 fully saturated rings. The molecule has 1 saturated heterocycles. The SMILES string of the molecule is Cc1c(F)cc(CO)cc1S(=O)(=O)N(C)C1CCOC1. The van der Waals surface area contributed by atoms with Gasteiger partial charge in [0, 0.05) is 19.2 Å². The second kappa shape index (κ2) is 5.77. The molecule has 1 heterocycles. The summed E-state index contributed by atoms with van der Waals surface area (Å²) in [5.74, 6) is -0.633. The minimum atomic E-state index is -3.81. The molecular formula is C13H18FNO4S. The van der Waals surface area contributed by atoms with E-state index in [0.717, 1.165) is 6.07 Å². The van der Waals surface area contributed by atoms with E-state index in [1.807, 2.05) is 0 Å². The predicted molar refractivity (Wildman–Crippen MR) is 71.2 cm³/mol. The van der Waals surface area contributed by atoms with E-state index >= 15 is 0 Å². The third-order valence-electron chi connectivity index (χ3n) is 3.62. The maximum absolute atomic E-state index is 13.8. The van der Waals surface area contributed by atoms with Gasteiger partial charge in [-0.15, -0.1) is 0 Å². The minimum Gasteiger partial charge on any atom is -0.392 e. The lowest BCUT2D eigenvalue weighted by molar-refractivity contribution is 0.181. The Morgan fingerprint density at radius 2 is 2.20 bits per heavy atom. The summed E-state index contributed by atoms with van der Waals surface area (Å²) in [6.45, 7) is 1.88. The first kappa shape index (κ1) is 15.4. The van der Waals surface area contributed by atoms with Crippen LogP contribution in [0, 0.1) is 12.7 Å². The monoisotopic (exact) mass is 303 g/mol. The van der Waals surface area contributed by atoms with Crippen LogP contribution in [0.4, 0.5) is 4.39 Å². The average molecular weight is 303 g/mol. The molecule has 7 heteroatoms. The molecule has 1 aromatic rings. The van der Waals surface area contributed by atoms with Crippen LogP contribution in [0.5, 0.6) is 0 Å². The molecule has 0 spiro atoms. The van der Waals surface area contributed by atoms with Crippen LogP contribution in [0.3, 0.4) is 0 Å². The van der Waals surface area contributed by atoms with Crippen molar-refractivity contribution in [3.8, 4) is 0 Å². The van der Waals surface area contributed by atoms with Crippen LogP contribution in [-0.2, 0) is 21.4 Å². The quantitative estimate of drug-likeness (QED) is 0.902. The number of sulfonamides is 1. The zero-order chi connectivity index (χ0) is 14.9. The molecule has 20 heavy (non-hydrogen) atoms. The van der Waals surface area contributed by atoms with Crippen LogP contribution in [0.2, 0.25) is 0 Å². The lowest BCUT2D eigenvalue weighted by Crippen LogP contribution is -2.37. The standard InChI is InChI=1S/C13H18FNO4S/c1-9-12(14)5-10(7-16)6-13(9)20(17,18)15(2)11-3-4-19-8-11/h5-6,11,16H,3-4,7-8H2,1-2H3. The molecule has 1 N–H and O–H groups in total. The number of ether oxygens (including phenoxy) is 1. The first-order chi connectivity index (χ1) is 9.37. The molecule has 2 rings (SSSR count). The number of hydrogen-bond acceptors (Lipinski definition) is 4. The van der Waals surface area contributed by atoms with E-state index in [9.17, 15) is 12.8 Å². The van der Waals surface area contributed by atoms with Gasteiger partial charge in [-0.25, -0.2) is 12.8 Å². The Balaban J connectivity index is 2.45. The van der Waals surface area contributed by atoms with E-state index in [2.05, 4.69) is 0 Å². The largest absolute Gasteiger partial charge is 0.392 e. The van der Waals surface area contributed by atoms with Gasteiger partial charge in [-0.3, -0.25) is 0 Å². The van der Waals surface area contributed by atoms with E-state index in [-0.39, 0.29) is 22.1 Å². The summed E-state index contributed by atoms with van der Waals surface area (Å²) in [4.78, 5) is -0.101. The molecule has 0 saturated carbocycles. The van der Waals surface area contributed by atoms with Crippen molar-refractivity contribution in [2.75, 3.05) is 20.3 Å². The Bertz CT molecular complexity index is 597. The van der Waals surface area contributed by atoms with Crippen LogP contribution in [-0.4, -0.2) is 44.1 Å². The molecular weight excluding hydrogens is 285 g/mol. The van der Waals surface area contributed by atoms with Crippen LogP contribution >= 0.6 is 0 Å². The van der Waals surface area contributed by atoms with E-state index < -0.39 is 22.4 Å². The highest BCUT2D eigenvalue weighted by Gasteiger charge is 2.32. The van der Waals surface area contributed by atoms with Crippen LogP contribution in [0.25, 0.3) is 0 Å². The fourth-order valence-electron chi connectivity index (χ4n) is 2.23. The molecule has 1 aromatic carbocycles. The first-order valence-electron chi connectivity index (χ1n) is 6.33. The summed E-state index contributed by atoms with van der Waals surface area (Å²) in [5.41, 5.74) is 0.302. The zero-order valence-corrected chi connectivity index (χ0v) is 12.3. The van der Waals surface area contributed by atoms with E-state index in [0.29, 0.717) is 19.6 Å². The van der Waals surface area contributed by atoms with Gasteiger partial charge in [0.05, 0.1) is 24.2 Å². The molecule has 0 radical (unpaired) electrons. The summed E-state index contributed by atoms with van der Waals surface area (Å²) >= 11 is 0. The van der Waals surface area contributed by atoms with Crippen molar-refractivity contribution in [2.24, 2.45) is 0 Å². The molecule has 0 bridgehead atoms. The van der Waals surface area contributed by atoms with Crippen LogP contribution < -0.4 is 0 Å². The van der Waals surface area contributed by atoms with Gasteiger partial charge in [-0.1, -0.05) is 0 Å². The number of likely N-dealkylation sites (N-methyl/N-ethyl adjacent to an activating group) is 1. The Hall–Kier alpha value is -1.02. The Morgan fingerprint density at radius 3 is 2.75 bits per heavy atom. The van der Waals surface area contributed by atoms with Gasteiger partial charge in [0.15, 0.2) is 0 Å². The van der Waals surface area contributed by atoms with Crippen LogP contribution in [0.1, 0.15) is 17.5 Å². The Kier molecular flexibility index (Phi) is 4.43. The third-order valence-corrected chi connectivity index (χ3v) is 5.65.